The molecule has 12 heavy (non-hydrogen) atoms. The van der Waals surface area contributed by atoms with E-state index in [1.807, 2.05) is 32.1 Å². The van der Waals surface area contributed by atoms with Gasteiger partial charge in [-0.05, 0) is 32.7 Å². The lowest BCUT2D eigenvalue weighted by molar-refractivity contribution is 1.20. The fourth-order valence-electron chi connectivity index (χ4n) is 1.04. The lowest BCUT2D eigenvalue weighted by atomic mass is 10.3. The van der Waals surface area contributed by atoms with Gasteiger partial charge in [0.2, 0.25) is 0 Å². The number of hydrogen-bond donors (Lipinski definition) is 0. The summed E-state index contributed by atoms with van der Waals surface area (Å²) in [6.45, 7) is 7.37. The summed E-state index contributed by atoms with van der Waals surface area (Å²) in [5.74, 6) is 0. The fourth-order valence-corrected chi connectivity index (χ4v) is 1.04. The monoisotopic (exact) mass is 160 g/mol. The Morgan fingerprint density at radius 1 is 1.67 bits per heavy atom. The van der Waals surface area contributed by atoms with Crippen LogP contribution in [0.2, 0.25) is 0 Å². The van der Waals surface area contributed by atoms with E-state index in [4.69, 9.17) is 0 Å². The van der Waals surface area contributed by atoms with Gasteiger partial charge >= 0.3 is 0 Å². The molecule has 0 amide bonds. The van der Waals surface area contributed by atoms with Crippen LogP contribution in [0.5, 0.6) is 0 Å². The molecule has 0 aliphatic heterocycles. The van der Waals surface area contributed by atoms with E-state index in [-0.39, 0.29) is 0 Å². The van der Waals surface area contributed by atoms with Crippen LogP contribution in [0.1, 0.15) is 13.8 Å². The maximum atomic E-state index is 4.20. The van der Waals surface area contributed by atoms with Gasteiger partial charge in [0, 0.05) is 17.1 Å². The third-order valence-corrected chi connectivity index (χ3v) is 1.74. The van der Waals surface area contributed by atoms with Crippen molar-refractivity contribution < 1.29 is 0 Å². The number of nitrogens with zero attached hydrogens (tertiary/aromatic N) is 2. The fraction of sp³-hybridized carbons (Fsp3) is 0.200. The molecule has 1 rings (SSSR count). The van der Waals surface area contributed by atoms with Crippen LogP contribution in [0.3, 0.4) is 0 Å². The number of rotatable bonds is 1. The molecule has 0 saturated heterocycles. The van der Waals surface area contributed by atoms with Gasteiger partial charge in [-0.3, -0.25) is 9.98 Å². The van der Waals surface area contributed by atoms with Gasteiger partial charge in [-0.25, -0.2) is 0 Å². The molecule has 0 unspecified atom stereocenters. The second-order valence-electron chi connectivity index (χ2n) is 2.47. The summed E-state index contributed by atoms with van der Waals surface area (Å²) < 4.78 is 0. The average molecular weight is 160 g/mol. The summed E-state index contributed by atoms with van der Waals surface area (Å²) in [5.41, 5.74) is 0.913. The standard InChI is InChI=1S/C10H12N2/c1-4-10-9(8(2)11-3)6-5-7-12-10/h4-7H,3H2,1-2H3/b9-8-,10-4+. The van der Waals surface area contributed by atoms with Crippen molar-refractivity contribution >= 4 is 18.5 Å². The Morgan fingerprint density at radius 2 is 2.42 bits per heavy atom. The van der Waals surface area contributed by atoms with Crippen LogP contribution in [0, 0.1) is 0 Å². The van der Waals surface area contributed by atoms with Gasteiger partial charge in [0.15, 0.2) is 0 Å². The summed E-state index contributed by atoms with van der Waals surface area (Å²) in [5, 5.41) is 2.01. The number of aromatic nitrogens is 1. The van der Waals surface area contributed by atoms with Crippen molar-refractivity contribution in [1.29, 1.82) is 0 Å². The minimum Gasteiger partial charge on any atom is -0.269 e. The molecule has 0 fully saturated rings. The molecular weight excluding hydrogens is 148 g/mol. The quantitative estimate of drug-likeness (QED) is 0.555. The highest BCUT2D eigenvalue weighted by Gasteiger charge is 1.87. The zero-order chi connectivity index (χ0) is 8.97. The molecule has 0 radical (unpaired) electrons. The lowest BCUT2D eigenvalue weighted by Crippen LogP contribution is -2.28. The van der Waals surface area contributed by atoms with E-state index < -0.39 is 0 Å². The zero-order valence-electron chi connectivity index (χ0n) is 7.41. The largest absolute Gasteiger partial charge is 0.269 e. The molecule has 0 atom stereocenters. The van der Waals surface area contributed by atoms with E-state index in [0.29, 0.717) is 0 Å². The smallest absolute Gasteiger partial charge is 0.0677 e. The van der Waals surface area contributed by atoms with Crippen molar-refractivity contribution in [2.24, 2.45) is 4.99 Å². The molecule has 2 nitrogen and oxygen atoms in total. The van der Waals surface area contributed by atoms with Crippen LogP contribution >= 0.6 is 0 Å². The molecule has 0 spiro atoms. The van der Waals surface area contributed by atoms with Crippen LogP contribution in [-0.2, 0) is 0 Å². The first-order valence-electron chi connectivity index (χ1n) is 3.84. The predicted molar refractivity (Wildman–Crippen MR) is 52.3 cm³/mol. The van der Waals surface area contributed by atoms with Crippen LogP contribution in [0.15, 0.2) is 23.3 Å². The molecule has 0 aliphatic carbocycles. The van der Waals surface area contributed by atoms with E-state index in [2.05, 4.69) is 16.7 Å². The molecule has 0 bridgehead atoms. The molecule has 0 aliphatic rings. The first-order valence-corrected chi connectivity index (χ1v) is 3.84. The van der Waals surface area contributed by atoms with Crippen molar-refractivity contribution in [1.82, 2.24) is 4.98 Å². The van der Waals surface area contributed by atoms with E-state index >= 15 is 0 Å². The van der Waals surface area contributed by atoms with Gasteiger partial charge < -0.3 is 0 Å². The molecule has 2 heteroatoms. The van der Waals surface area contributed by atoms with E-state index in [0.717, 1.165) is 16.3 Å². The minimum atomic E-state index is 0.913. The van der Waals surface area contributed by atoms with E-state index in [9.17, 15) is 0 Å². The Hall–Kier alpha value is -1.44. The Morgan fingerprint density at radius 3 is 3.00 bits per heavy atom. The number of hydrogen-bond acceptors (Lipinski definition) is 2. The number of aliphatic imine (C=N–C) groups is 1. The van der Waals surface area contributed by atoms with Crippen molar-refractivity contribution in [2.75, 3.05) is 0 Å². The SMILES string of the molecule is C=N/C(C)=c1/cccn/c1=C/C. The van der Waals surface area contributed by atoms with Crippen LogP contribution < -0.4 is 10.6 Å². The highest BCUT2D eigenvalue weighted by Crippen LogP contribution is 1.86. The summed E-state index contributed by atoms with van der Waals surface area (Å²) in [7, 11) is 0. The van der Waals surface area contributed by atoms with Crippen molar-refractivity contribution in [3.05, 3.63) is 28.9 Å². The minimum absolute atomic E-state index is 0.913. The van der Waals surface area contributed by atoms with E-state index in [1.165, 1.54) is 0 Å². The maximum absolute atomic E-state index is 4.20. The Labute approximate surface area is 72.0 Å². The first kappa shape index (κ1) is 8.65. The predicted octanol–water partition coefficient (Wildman–Crippen LogP) is 0.711. The van der Waals surface area contributed by atoms with Gasteiger partial charge in [-0.2, -0.15) is 0 Å². The molecule has 1 aromatic heterocycles. The number of pyridine rings is 1. The molecule has 0 N–H and O–H groups in total. The Balaban J connectivity index is 3.65. The highest BCUT2D eigenvalue weighted by atomic mass is 14.7. The molecule has 0 aromatic carbocycles. The van der Waals surface area contributed by atoms with E-state index in [1.54, 1.807) is 6.20 Å². The maximum Gasteiger partial charge on any atom is 0.0677 e. The molecule has 62 valence electrons. The third kappa shape index (κ3) is 1.59. The second-order valence-corrected chi connectivity index (χ2v) is 2.47. The van der Waals surface area contributed by atoms with Crippen molar-refractivity contribution in [3.63, 3.8) is 0 Å². The summed E-state index contributed by atoms with van der Waals surface area (Å²) >= 11 is 0. The highest BCUT2D eigenvalue weighted by molar-refractivity contribution is 5.48. The second kappa shape index (κ2) is 3.81. The van der Waals surface area contributed by atoms with Crippen LogP contribution in [0.4, 0.5) is 0 Å². The summed E-state index contributed by atoms with van der Waals surface area (Å²) in [6, 6.07) is 3.89. The normalized spacial score (nSPS) is 14.3. The Kier molecular flexibility index (Phi) is 2.75. The van der Waals surface area contributed by atoms with Crippen LogP contribution in [-0.4, -0.2) is 11.7 Å². The van der Waals surface area contributed by atoms with Crippen molar-refractivity contribution in [2.45, 2.75) is 13.8 Å². The first-order chi connectivity index (χ1) is 5.79. The molecular formula is C10H12N2. The molecule has 1 heterocycles. The van der Waals surface area contributed by atoms with Gasteiger partial charge in [-0.1, -0.05) is 6.08 Å². The summed E-state index contributed by atoms with van der Waals surface area (Å²) in [6.07, 6.45) is 3.74. The van der Waals surface area contributed by atoms with Gasteiger partial charge in [-0.15, -0.1) is 0 Å². The van der Waals surface area contributed by atoms with Gasteiger partial charge in [0.1, 0.15) is 0 Å². The third-order valence-electron chi connectivity index (χ3n) is 1.74. The molecule has 1 aromatic rings. The summed E-state index contributed by atoms with van der Waals surface area (Å²) in [4.78, 5) is 8.08. The van der Waals surface area contributed by atoms with Crippen LogP contribution in [0.25, 0.3) is 11.8 Å². The zero-order valence-corrected chi connectivity index (χ0v) is 7.41. The average Bonchev–Trinajstić information content (AvgIpc) is 2.16. The van der Waals surface area contributed by atoms with Crippen molar-refractivity contribution in [3.8, 4) is 0 Å². The van der Waals surface area contributed by atoms with Gasteiger partial charge in [0.05, 0.1) is 5.35 Å². The topological polar surface area (TPSA) is 25.2 Å². The lowest BCUT2D eigenvalue weighted by Gasteiger charge is -1.91. The molecule has 0 saturated carbocycles. The van der Waals surface area contributed by atoms with Gasteiger partial charge in [0.25, 0.3) is 0 Å². The Bertz CT molecular complexity index is 391.